The number of carbonyl (C=O) groups excluding carboxylic acids is 2. The zero-order valence-corrected chi connectivity index (χ0v) is 16.1. The topological polar surface area (TPSA) is 102 Å². The van der Waals surface area contributed by atoms with Crippen molar-refractivity contribution in [3.8, 4) is 0 Å². The Bertz CT molecular complexity index is 1120. The molecule has 7 nitrogen and oxygen atoms in total. The number of carbonyl (C=O) groups is 3. The Morgan fingerprint density at radius 1 is 1.21 bits per heavy atom. The number of H-pyrrole nitrogens is 1. The summed E-state index contributed by atoms with van der Waals surface area (Å²) in [7, 11) is 0. The number of aromatic nitrogens is 1. The van der Waals surface area contributed by atoms with Gasteiger partial charge in [-0.15, -0.1) is 0 Å². The summed E-state index contributed by atoms with van der Waals surface area (Å²) >= 11 is 5.99. The van der Waals surface area contributed by atoms with Crippen LogP contribution in [0, 0.1) is 0 Å². The maximum absolute atomic E-state index is 13.0. The fraction of sp³-hybridized carbons (Fsp3) is 0.190. The van der Waals surface area contributed by atoms with Crippen molar-refractivity contribution in [2.75, 3.05) is 11.4 Å². The molecule has 0 radical (unpaired) electrons. The van der Waals surface area contributed by atoms with Gasteiger partial charge >= 0.3 is 5.97 Å². The second-order valence-electron chi connectivity index (χ2n) is 6.93. The molecule has 1 atom stereocenters. The Morgan fingerprint density at radius 3 is 2.79 bits per heavy atom. The molecule has 0 unspecified atom stereocenters. The van der Waals surface area contributed by atoms with Crippen molar-refractivity contribution in [3.05, 3.63) is 64.8 Å². The fourth-order valence-electron chi connectivity index (χ4n) is 3.61. The van der Waals surface area contributed by atoms with Crippen LogP contribution in [0.4, 0.5) is 5.69 Å². The second-order valence-corrected chi connectivity index (χ2v) is 7.36. The van der Waals surface area contributed by atoms with Crippen LogP contribution in [0.15, 0.2) is 48.5 Å². The van der Waals surface area contributed by atoms with E-state index in [1.54, 1.807) is 36.4 Å². The van der Waals surface area contributed by atoms with Crippen molar-refractivity contribution in [3.63, 3.8) is 0 Å². The maximum atomic E-state index is 13.0. The zero-order valence-electron chi connectivity index (χ0n) is 15.3. The smallest absolute Gasteiger partial charge is 0.323 e. The first-order valence-electron chi connectivity index (χ1n) is 9.12. The molecule has 3 aromatic rings. The second kappa shape index (κ2) is 7.60. The van der Waals surface area contributed by atoms with Gasteiger partial charge in [0.15, 0.2) is 0 Å². The molecule has 4 rings (SSSR count). The minimum Gasteiger partial charge on any atom is -0.480 e. The number of aryl methyl sites for hydroxylation is 1. The van der Waals surface area contributed by atoms with Crippen molar-refractivity contribution >= 4 is 46.0 Å². The van der Waals surface area contributed by atoms with E-state index >= 15 is 0 Å². The standard InChI is InChI=1S/C21H18ClN3O4/c22-14-6-8-15-13(9-14)10-17(23-15)20(28)24-16-7-5-12-3-1-2-4-18(12)25(21(16)29)11-19(26)27/h1-4,6,8-10,16,23H,5,7,11H2,(H,24,28)(H,26,27)/t16-/m0/s1. The lowest BCUT2D eigenvalue weighted by atomic mass is 10.1. The SMILES string of the molecule is O=C(O)CN1C(=O)[C@@H](NC(=O)c2cc3cc(Cl)ccc3[nH]2)CCc2ccccc21. The Hall–Kier alpha value is -3.32. The Balaban J connectivity index is 1.60. The molecule has 0 aliphatic carbocycles. The number of hydrogen-bond acceptors (Lipinski definition) is 3. The number of rotatable bonds is 4. The third-order valence-electron chi connectivity index (χ3n) is 4.98. The number of halogens is 1. The summed E-state index contributed by atoms with van der Waals surface area (Å²) in [6.07, 6.45) is 0.926. The molecule has 0 saturated carbocycles. The largest absolute Gasteiger partial charge is 0.480 e. The summed E-state index contributed by atoms with van der Waals surface area (Å²) in [6, 6.07) is 13.3. The number of aromatic amines is 1. The Kier molecular flexibility index (Phi) is 4.98. The van der Waals surface area contributed by atoms with Gasteiger partial charge in [-0.2, -0.15) is 0 Å². The third-order valence-corrected chi connectivity index (χ3v) is 5.21. The minimum atomic E-state index is -1.12. The summed E-state index contributed by atoms with van der Waals surface area (Å²) < 4.78 is 0. The Labute approximate surface area is 171 Å². The number of carboxylic acid groups (broad SMARTS) is 1. The minimum absolute atomic E-state index is 0.307. The van der Waals surface area contributed by atoms with Gasteiger partial charge in [0.2, 0.25) is 5.91 Å². The van der Waals surface area contributed by atoms with E-state index < -0.39 is 30.4 Å². The van der Waals surface area contributed by atoms with E-state index in [4.69, 9.17) is 11.6 Å². The Morgan fingerprint density at radius 2 is 2.00 bits per heavy atom. The first kappa shape index (κ1) is 19.0. The highest BCUT2D eigenvalue weighted by Crippen LogP contribution is 2.27. The number of fused-ring (bicyclic) bond motifs is 2. The van der Waals surface area contributed by atoms with E-state index in [1.165, 1.54) is 4.90 Å². The number of hydrogen-bond donors (Lipinski definition) is 3. The predicted molar refractivity (Wildman–Crippen MR) is 109 cm³/mol. The van der Waals surface area contributed by atoms with Gasteiger partial charge in [-0.05, 0) is 48.7 Å². The molecule has 0 bridgehead atoms. The molecule has 1 aromatic heterocycles. The molecule has 148 valence electrons. The first-order valence-corrected chi connectivity index (χ1v) is 9.50. The summed E-state index contributed by atoms with van der Waals surface area (Å²) in [5.41, 5.74) is 2.50. The van der Waals surface area contributed by atoms with Crippen LogP contribution in [-0.2, 0) is 16.0 Å². The molecule has 2 amide bonds. The number of benzene rings is 2. The molecule has 3 N–H and O–H groups in total. The number of anilines is 1. The molecule has 8 heteroatoms. The van der Waals surface area contributed by atoms with Crippen LogP contribution in [-0.4, -0.2) is 40.5 Å². The number of nitrogens with one attached hydrogen (secondary N) is 2. The molecular formula is C21H18ClN3O4. The lowest BCUT2D eigenvalue weighted by molar-refractivity contribution is -0.136. The van der Waals surface area contributed by atoms with E-state index in [9.17, 15) is 19.5 Å². The van der Waals surface area contributed by atoms with Crippen LogP contribution in [0.2, 0.25) is 5.02 Å². The lowest BCUT2D eigenvalue weighted by Gasteiger charge is -2.24. The maximum Gasteiger partial charge on any atom is 0.323 e. The molecule has 2 aromatic carbocycles. The van der Waals surface area contributed by atoms with Crippen LogP contribution < -0.4 is 10.2 Å². The third kappa shape index (κ3) is 3.82. The van der Waals surface area contributed by atoms with Crippen LogP contribution in [0.3, 0.4) is 0 Å². The normalized spacial score (nSPS) is 16.4. The summed E-state index contributed by atoms with van der Waals surface area (Å²) in [4.78, 5) is 41.4. The van der Waals surface area contributed by atoms with E-state index in [1.807, 2.05) is 12.1 Å². The summed E-state index contributed by atoms with van der Waals surface area (Å²) in [6.45, 7) is -0.465. The number of para-hydroxylation sites is 1. The van der Waals surface area contributed by atoms with E-state index in [0.29, 0.717) is 29.2 Å². The highest BCUT2D eigenvalue weighted by Gasteiger charge is 2.32. The van der Waals surface area contributed by atoms with Crippen molar-refractivity contribution < 1.29 is 19.5 Å². The molecule has 29 heavy (non-hydrogen) atoms. The van der Waals surface area contributed by atoms with Gasteiger partial charge in [0, 0.05) is 21.6 Å². The van der Waals surface area contributed by atoms with Crippen molar-refractivity contribution in [1.29, 1.82) is 0 Å². The van der Waals surface area contributed by atoms with E-state index in [2.05, 4.69) is 10.3 Å². The predicted octanol–water partition coefficient (Wildman–Crippen LogP) is 2.98. The first-order chi connectivity index (χ1) is 13.9. The van der Waals surface area contributed by atoms with E-state index in [-0.39, 0.29) is 0 Å². The highest BCUT2D eigenvalue weighted by atomic mass is 35.5. The summed E-state index contributed by atoms with van der Waals surface area (Å²) in [5.74, 6) is -1.99. The van der Waals surface area contributed by atoms with Crippen molar-refractivity contribution in [2.45, 2.75) is 18.9 Å². The monoisotopic (exact) mass is 411 g/mol. The van der Waals surface area contributed by atoms with Gasteiger partial charge in [0.05, 0.1) is 0 Å². The zero-order chi connectivity index (χ0) is 20.5. The van der Waals surface area contributed by atoms with Gasteiger partial charge in [0.25, 0.3) is 5.91 Å². The van der Waals surface area contributed by atoms with Crippen LogP contribution in [0.5, 0.6) is 0 Å². The average Bonchev–Trinajstić information content (AvgIpc) is 3.07. The van der Waals surface area contributed by atoms with Crippen LogP contribution in [0.1, 0.15) is 22.5 Å². The average molecular weight is 412 g/mol. The fourth-order valence-corrected chi connectivity index (χ4v) is 3.79. The van der Waals surface area contributed by atoms with Gasteiger partial charge in [-0.3, -0.25) is 19.3 Å². The van der Waals surface area contributed by atoms with Gasteiger partial charge in [-0.25, -0.2) is 0 Å². The number of amides is 2. The van der Waals surface area contributed by atoms with Crippen molar-refractivity contribution in [1.82, 2.24) is 10.3 Å². The van der Waals surface area contributed by atoms with Crippen molar-refractivity contribution in [2.24, 2.45) is 0 Å². The molecule has 2 heterocycles. The number of carboxylic acids is 1. The van der Waals surface area contributed by atoms with Gasteiger partial charge < -0.3 is 15.4 Å². The lowest BCUT2D eigenvalue weighted by Crippen LogP contribution is -2.49. The summed E-state index contributed by atoms with van der Waals surface area (Å²) in [5, 5.41) is 13.4. The molecule has 0 spiro atoms. The molecular weight excluding hydrogens is 394 g/mol. The molecule has 1 aliphatic heterocycles. The quantitative estimate of drug-likeness (QED) is 0.614. The van der Waals surface area contributed by atoms with Gasteiger partial charge in [0.1, 0.15) is 18.3 Å². The number of aliphatic carboxylic acids is 1. The van der Waals surface area contributed by atoms with E-state index in [0.717, 1.165) is 16.5 Å². The number of nitrogens with zero attached hydrogens (tertiary/aromatic N) is 1. The van der Waals surface area contributed by atoms with Crippen LogP contribution in [0.25, 0.3) is 10.9 Å². The molecule has 0 saturated heterocycles. The molecule has 1 aliphatic rings. The van der Waals surface area contributed by atoms with Gasteiger partial charge in [-0.1, -0.05) is 29.8 Å². The van der Waals surface area contributed by atoms with Crippen LogP contribution >= 0.6 is 11.6 Å². The highest BCUT2D eigenvalue weighted by molar-refractivity contribution is 6.31. The molecule has 0 fully saturated rings.